The number of hydrogen-bond donors (Lipinski definition) is 1. The molecule has 21 heavy (non-hydrogen) atoms. The molecule has 0 aliphatic heterocycles. The number of nitrogens with two attached hydrogens (primary N) is 1. The topological polar surface area (TPSA) is 52.3 Å². The van der Waals surface area contributed by atoms with Gasteiger partial charge in [-0.2, -0.15) is 0 Å². The van der Waals surface area contributed by atoms with Crippen LogP contribution in [-0.4, -0.2) is 12.3 Å². The number of halogens is 3. The molecule has 0 heterocycles. The van der Waals surface area contributed by atoms with E-state index in [-0.39, 0.29) is 5.75 Å². The van der Waals surface area contributed by atoms with Crippen molar-refractivity contribution in [2.24, 2.45) is 5.73 Å². The third kappa shape index (κ3) is 3.53. The number of rotatable bonds is 3. The van der Waals surface area contributed by atoms with Gasteiger partial charge in [-0.25, -0.2) is 0 Å². The van der Waals surface area contributed by atoms with Gasteiger partial charge in [-0.05, 0) is 41.8 Å². The molecule has 1 amide bonds. The van der Waals surface area contributed by atoms with Gasteiger partial charge in [0.1, 0.15) is 5.75 Å². The van der Waals surface area contributed by atoms with Gasteiger partial charge in [0.25, 0.3) is 0 Å². The fourth-order valence-electron chi connectivity index (χ4n) is 2.07. The van der Waals surface area contributed by atoms with Crippen LogP contribution in [0.4, 0.5) is 13.2 Å². The molecule has 0 atom stereocenters. The molecular formula is C15H12F3NO2. The molecule has 0 aliphatic rings. The van der Waals surface area contributed by atoms with Crippen molar-refractivity contribution in [2.45, 2.75) is 13.3 Å². The zero-order valence-electron chi connectivity index (χ0n) is 11.1. The van der Waals surface area contributed by atoms with Crippen molar-refractivity contribution in [3.63, 3.8) is 0 Å². The van der Waals surface area contributed by atoms with E-state index in [1.54, 1.807) is 31.2 Å². The van der Waals surface area contributed by atoms with Crippen molar-refractivity contribution in [1.29, 1.82) is 0 Å². The van der Waals surface area contributed by atoms with E-state index in [9.17, 15) is 18.0 Å². The van der Waals surface area contributed by atoms with Crippen LogP contribution in [0.1, 0.15) is 15.9 Å². The monoisotopic (exact) mass is 295 g/mol. The summed E-state index contributed by atoms with van der Waals surface area (Å²) in [6.45, 7) is 1.64. The molecule has 2 aromatic rings. The minimum atomic E-state index is -4.74. The van der Waals surface area contributed by atoms with Crippen LogP contribution in [0.2, 0.25) is 0 Å². The highest BCUT2D eigenvalue weighted by Crippen LogP contribution is 2.31. The molecule has 2 aromatic carbocycles. The zero-order chi connectivity index (χ0) is 15.6. The first-order valence-corrected chi connectivity index (χ1v) is 6.03. The Hall–Kier alpha value is -2.50. The van der Waals surface area contributed by atoms with Gasteiger partial charge in [-0.1, -0.05) is 24.3 Å². The van der Waals surface area contributed by atoms with Crippen molar-refractivity contribution in [3.05, 3.63) is 53.6 Å². The third-order valence-corrected chi connectivity index (χ3v) is 2.91. The number of ether oxygens (including phenoxy) is 1. The van der Waals surface area contributed by atoms with Crippen molar-refractivity contribution < 1.29 is 22.7 Å². The molecular weight excluding hydrogens is 283 g/mol. The van der Waals surface area contributed by atoms with Gasteiger partial charge in [0.05, 0.1) is 0 Å². The van der Waals surface area contributed by atoms with Crippen molar-refractivity contribution >= 4 is 5.91 Å². The van der Waals surface area contributed by atoms with E-state index in [1.807, 2.05) is 0 Å². The van der Waals surface area contributed by atoms with Gasteiger partial charge in [0.2, 0.25) is 5.91 Å². The van der Waals surface area contributed by atoms with Crippen molar-refractivity contribution in [2.75, 3.05) is 0 Å². The molecule has 0 saturated carbocycles. The minimum absolute atomic E-state index is 0.305. The summed E-state index contributed by atoms with van der Waals surface area (Å²) in [5, 5.41) is 0. The summed E-state index contributed by atoms with van der Waals surface area (Å²) in [6, 6.07) is 10.6. The molecule has 0 unspecified atom stereocenters. The molecule has 2 rings (SSSR count). The summed E-state index contributed by atoms with van der Waals surface area (Å²) in [5.41, 5.74) is 7.35. The number of aryl methyl sites for hydroxylation is 1. The van der Waals surface area contributed by atoms with E-state index >= 15 is 0 Å². The second-order valence-corrected chi connectivity index (χ2v) is 4.43. The Bertz CT molecular complexity index is 681. The number of benzene rings is 2. The molecule has 3 nitrogen and oxygen atoms in total. The van der Waals surface area contributed by atoms with Gasteiger partial charge in [-0.3, -0.25) is 4.79 Å². The Morgan fingerprint density at radius 2 is 1.76 bits per heavy atom. The summed E-state index contributed by atoms with van der Waals surface area (Å²) >= 11 is 0. The van der Waals surface area contributed by atoms with Gasteiger partial charge < -0.3 is 10.5 Å². The summed E-state index contributed by atoms with van der Waals surface area (Å²) in [7, 11) is 0. The smallest absolute Gasteiger partial charge is 0.406 e. The predicted octanol–water partition coefficient (Wildman–Crippen LogP) is 3.66. The van der Waals surface area contributed by atoms with E-state index in [0.29, 0.717) is 22.3 Å². The fourth-order valence-corrected chi connectivity index (χ4v) is 2.07. The van der Waals surface area contributed by atoms with Crippen LogP contribution >= 0.6 is 0 Å². The minimum Gasteiger partial charge on any atom is -0.406 e. The first-order valence-electron chi connectivity index (χ1n) is 6.03. The van der Waals surface area contributed by atoms with E-state index in [0.717, 1.165) is 0 Å². The maximum absolute atomic E-state index is 12.2. The van der Waals surface area contributed by atoms with Crippen LogP contribution in [0.15, 0.2) is 42.5 Å². The molecule has 0 spiro atoms. The highest BCUT2D eigenvalue weighted by Gasteiger charge is 2.31. The van der Waals surface area contributed by atoms with Crippen LogP contribution in [0.3, 0.4) is 0 Å². The molecule has 0 saturated heterocycles. The van der Waals surface area contributed by atoms with Gasteiger partial charge in [0, 0.05) is 5.56 Å². The van der Waals surface area contributed by atoms with Gasteiger partial charge in [0.15, 0.2) is 0 Å². The highest BCUT2D eigenvalue weighted by atomic mass is 19.4. The lowest BCUT2D eigenvalue weighted by molar-refractivity contribution is -0.274. The van der Waals surface area contributed by atoms with Crippen LogP contribution in [0.5, 0.6) is 5.75 Å². The Balaban J connectivity index is 2.45. The van der Waals surface area contributed by atoms with E-state index < -0.39 is 12.3 Å². The van der Waals surface area contributed by atoms with Crippen LogP contribution in [0, 0.1) is 6.92 Å². The molecule has 0 aromatic heterocycles. The lowest BCUT2D eigenvalue weighted by atomic mass is 9.95. The zero-order valence-corrected chi connectivity index (χ0v) is 11.1. The summed E-state index contributed by atoms with van der Waals surface area (Å²) in [5.74, 6) is -0.902. The number of carbonyl (C=O) groups excluding carboxylic acids is 1. The highest BCUT2D eigenvalue weighted by molar-refractivity contribution is 6.00. The standard InChI is InChI=1S/C15H12F3NO2/c1-9-8-10(21-15(16,17)18)6-7-11(9)12-4-2-3-5-13(12)14(19)20/h2-8H,1H3,(H2,19,20). The normalized spacial score (nSPS) is 11.2. The third-order valence-electron chi connectivity index (χ3n) is 2.91. The fraction of sp³-hybridized carbons (Fsp3) is 0.133. The number of primary amides is 1. The molecule has 6 heteroatoms. The second kappa shape index (κ2) is 5.47. The maximum Gasteiger partial charge on any atom is 0.573 e. The average Bonchev–Trinajstić information content (AvgIpc) is 2.37. The Morgan fingerprint density at radius 1 is 1.10 bits per heavy atom. The number of amides is 1. The SMILES string of the molecule is Cc1cc(OC(F)(F)F)ccc1-c1ccccc1C(N)=O. The summed E-state index contributed by atoms with van der Waals surface area (Å²) < 4.78 is 40.4. The van der Waals surface area contributed by atoms with Crippen molar-refractivity contribution in [3.8, 4) is 16.9 Å². The first kappa shape index (κ1) is 14.9. The van der Waals surface area contributed by atoms with Gasteiger partial charge in [-0.15, -0.1) is 13.2 Å². The molecule has 0 fully saturated rings. The lowest BCUT2D eigenvalue weighted by Crippen LogP contribution is -2.17. The largest absolute Gasteiger partial charge is 0.573 e. The Labute approximate surface area is 119 Å². The van der Waals surface area contributed by atoms with E-state index in [4.69, 9.17) is 5.73 Å². The number of alkyl halides is 3. The van der Waals surface area contributed by atoms with Crippen LogP contribution in [-0.2, 0) is 0 Å². The number of carbonyl (C=O) groups is 1. The van der Waals surface area contributed by atoms with E-state index in [1.165, 1.54) is 18.2 Å². The van der Waals surface area contributed by atoms with Crippen LogP contribution < -0.4 is 10.5 Å². The number of hydrogen-bond acceptors (Lipinski definition) is 2. The quantitative estimate of drug-likeness (QED) is 0.939. The molecule has 0 radical (unpaired) electrons. The van der Waals surface area contributed by atoms with Crippen molar-refractivity contribution in [1.82, 2.24) is 0 Å². The Morgan fingerprint density at radius 3 is 2.33 bits per heavy atom. The van der Waals surface area contributed by atoms with Gasteiger partial charge >= 0.3 is 6.36 Å². The Kier molecular flexibility index (Phi) is 3.88. The molecule has 0 aliphatic carbocycles. The molecule has 110 valence electrons. The predicted molar refractivity (Wildman–Crippen MR) is 71.8 cm³/mol. The summed E-state index contributed by atoms with van der Waals surface area (Å²) in [4.78, 5) is 11.4. The molecule has 2 N–H and O–H groups in total. The van der Waals surface area contributed by atoms with E-state index in [2.05, 4.69) is 4.74 Å². The molecule has 0 bridgehead atoms. The maximum atomic E-state index is 12.2. The second-order valence-electron chi connectivity index (χ2n) is 4.43. The first-order chi connectivity index (χ1) is 9.78. The lowest BCUT2D eigenvalue weighted by Gasteiger charge is -2.13. The summed E-state index contributed by atoms with van der Waals surface area (Å²) in [6.07, 6.45) is -4.74. The average molecular weight is 295 g/mol. The van der Waals surface area contributed by atoms with Crippen LogP contribution in [0.25, 0.3) is 11.1 Å².